The standard InChI is InChI=1S/C10H6Br2N4O/c11-5-2-8(13)16-9(3-5)14-10(15-16)7-1-6(12)4-17-7/h1-4H,13H2. The van der Waals surface area contributed by atoms with Crippen molar-refractivity contribution in [2.24, 2.45) is 0 Å². The van der Waals surface area contributed by atoms with Gasteiger partial charge in [-0.15, -0.1) is 5.10 Å². The molecule has 0 saturated heterocycles. The lowest BCUT2D eigenvalue weighted by Gasteiger charge is -1.97. The molecule has 0 atom stereocenters. The molecule has 0 aliphatic rings. The van der Waals surface area contributed by atoms with Crippen molar-refractivity contribution >= 4 is 43.3 Å². The van der Waals surface area contributed by atoms with E-state index in [4.69, 9.17) is 10.2 Å². The van der Waals surface area contributed by atoms with E-state index in [1.807, 2.05) is 6.07 Å². The molecule has 7 heteroatoms. The smallest absolute Gasteiger partial charge is 0.218 e. The summed E-state index contributed by atoms with van der Waals surface area (Å²) in [4.78, 5) is 4.35. The Bertz CT molecular complexity index is 703. The van der Waals surface area contributed by atoms with Crippen LogP contribution in [0, 0.1) is 0 Å². The summed E-state index contributed by atoms with van der Waals surface area (Å²) in [5.41, 5.74) is 6.51. The van der Waals surface area contributed by atoms with Crippen molar-refractivity contribution in [1.29, 1.82) is 0 Å². The quantitative estimate of drug-likeness (QED) is 0.726. The van der Waals surface area contributed by atoms with E-state index >= 15 is 0 Å². The van der Waals surface area contributed by atoms with Crippen molar-refractivity contribution < 1.29 is 4.42 Å². The number of halogens is 2. The fraction of sp³-hybridized carbons (Fsp3) is 0. The average molecular weight is 358 g/mol. The van der Waals surface area contributed by atoms with Gasteiger partial charge in [0.15, 0.2) is 11.4 Å². The molecule has 0 radical (unpaired) electrons. The number of aromatic nitrogens is 3. The first-order chi connectivity index (χ1) is 8.13. The number of fused-ring (bicyclic) bond motifs is 1. The van der Waals surface area contributed by atoms with Crippen molar-refractivity contribution in [2.75, 3.05) is 5.73 Å². The van der Waals surface area contributed by atoms with Gasteiger partial charge < -0.3 is 10.2 Å². The molecule has 3 aromatic heterocycles. The van der Waals surface area contributed by atoms with Gasteiger partial charge >= 0.3 is 0 Å². The van der Waals surface area contributed by atoms with Crippen molar-refractivity contribution in [3.8, 4) is 11.6 Å². The van der Waals surface area contributed by atoms with E-state index in [-0.39, 0.29) is 0 Å². The molecule has 0 saturated carbocycles. The highest BCUT2D eigenvalue weighted by molar-refractivity contribution is 9.10. The molecule has 3 rings (SSSR count). The number of nitrogens with zero attached hydrogens (tertiary/aromatic N) is 3. The molecular formula is C10H6Br2N4O. The summed E-state index contributed by atoms with van der Waals surface area (Å²) in [5.74, 6) is 1.61. The third-order valence-corrected chi connectivity index (χ3v) is 3.09. The minimum absolute atomic E-state index is 0.500. The predicted molar refractivity (Wildman–Crippen MR) is 70.5 cm³/mol. The molecule has 2 N–H and O–H groups in total. The number of hydrogen-bond donors (Lipinski definition) is 1. The second kappa shape index (κ2) is 3.85. The van der Waals surface area contributed by atoms with Gasteiger partial charge in [-0.2, -0.15) is 4.52 Å². The van der Waals surface area contributed by atoms with Crippen LogP contribution in [0.4, 0.5) is 5.82 Å². The summed E-state index contributed by atoms with van der Waals surface area (Å²) in [5, 5.41) is 4.28. The molecule has 3 aromatic rings. The van der Waals surface area contributed by atoms with Crippen LogP contribution in [-0.2, 0) is 0 Å². The molecule has 0 fully saturated rings. The summed E-state index contributed by atoms with van der Waals surface area (Å²) >= 11 is 6.67. The number of furan rings is 1. The maximum atomic E-state index is 5.84. The number of nitrogens with two attached hydrogens (primary N) is 1. The average Bonchev–Trinajstić information content (AvgIpc) is 2.83. The topological polar surface area (TPSA) is 69.3 Å². The van der Waals surface area contributed by atoms with Crippen LogP contribution in [0.5, 0.6) is 0 Å². The first kappa shape index (κ1) is 10.8. The number of nitrogen functional groups attached to an aromatic ring is 1. The Morgan fingerprint density at radius 1 is 1.18 bits per heavy atom. The van der Waals surface area contributed by atoms with Crippen molar-refractivity contribution in [2.45, 2.75) is 0 Å². The van der Waals surface area contributed by atoms with Gasteiger partial charge in [-0.05, 0) is 28.1 Å². The first-order valence-corrected chi connectivity index (χ1v) is 6.28. The van der Waals surface area contributed by atoms with Crippen LogP contribution >= 0.6 is 31.9 Å². The third-order valence-electron chi connectivity index (χ3n) is 2.22. The normalized spacial score (nSPS) is 11.2. The Hall–Kier alpha value is -1.34. The highest BCUT2D eigenvalue weighted by atomic mass is 79.9. The number of anilines is 1. The monoisotopic (exact) mass is 356 g/mol. The highest BCUT2D eigenvalue weighted by Crippen LogP contribution is 2.24. The van der Waals surface area contributed by atoms with E-state index < -0.39 is 0 Å². The SMILES string of the molecule is Nc1cc(Br)cc2nc(-c3cc(Br)co3)nn12. The predicted octanol–water partition coefficient (Wildman–Crippen LogP) is 3.10. The number of rotatable bonds is 1. The summed E-state index contributed by atoms with van der Waals surface area (Å²) in [6.07, 6.45) is 1.58. The molecule has 0 aliphatic heterocycles. The summed E-state index contributed by atoms with van der Waals surface area (Å²) in [6.45, 7) is 0. The Balaban J connectivity index is 2.23. The van der Waals surface area contributed by atoms with E-state index in [2.05, 4.69) is 41.9 Å². The Morgan fingerprint density at radius 2 is 2.00 bits per heavy atom. The molecule has 0 aliphatic carbocycles. The van der Waals surface area contributed by atoms with Crippen LogP contribution in [0.15, 0.2) is 37.8 Å². The van der Waals surface area contributed by atoms with Crippen LogP contribution in [0.2, 0.25) is 0 Å². The van der Waals surface area contributed by atoms with Crippen LogP contribution in [0.3, 0.4) is 0 Å². The van der Waals surface area contributed by atoms with E-state index in [9.17, 15) is 0 Å². The van der Waals surface area contributed by atoms with Gasteiger partial charge in [-0.25, -0.2) is 4.98 Å². The zero-order chi connectivity index (χ0) is 12.0. The van der Waals surface area contributed by atoms with Gasteiger partial charge in [-0.1, -0.05) is 15.9 Å². The van der Waals surface area contributed by atoms with Crippen LogP contribution in [0.25, 0.3) is 17.2 Å². The van der Waals surface area contributed by atoms with E-state index in [1.165, 1.54) is 0 Å². The van der Waals surface area contributed by atoms with Crippen molar-refractivity contribution in [3.63, 3.8) is 0 Å². The summed E-state index contributed by atoms with van der Waals surface area (Å²) < 4.78 is 8.59. The second-order valence-corrected chi connectivity index (χ2v) is 5.26. The minimum atomic E-state index is 0.500. The molecule has 3 heterocycles. The zero-order valence-corrected chi connectivity index (χ0v) is 11.6. The van der Waals surface area contributed by atoms with Crippen LogP contribution < -0.4 is 5.73 Å². The number of pyridine rings is 1. The fourth-order valence-corrected chi connectivity index (χ4v) is 2.25. The van der Waals surface area contributed by atoms with Crippen molar-refractivity contribution in [1.82, 2.24) is 14.6 Å². The van der Waals surface area contributed by atoms with Crippen LogP contribution in [-0.4, -0.2) is 14.6 Å². The molecule has 86 valence electrons. The van der Waals surface area contributed by atoms with E-state index in [1.54, 1.807) is 22.9 Å². The molecule has 0 spiro atoms. The maximum absolute atomic E-state index is 5.84. The van der Waals surface area contributed by atoms with Gasteiger partial charge in [0.1, 0.15) is 12.1 Å². The molecular weight excluding hydrogens is 352 g/mol. The van der Waals surface area contributed by atoms with Gasteiger partial charge in [0.05, 0.1) is 4.47 Å². The highest BCUT2D eigenvalue weighted by Gasteiger charge is 2.12. The van der Waals surface area contributed by atoms with E-state index in [0.29, 0.717) is 23.0 Å². The lowest BCUT2D eigenvalue weighted by atomic mass is 10.4. The van der Waals surface area contributed by atoms with Crippen molar-refractivity contribution in [3.05, 3.63) is 33.4 Å². The van der Waals surface area contributed by atoms with Gasteiger partial charge in [-0.3, -0.25) is 0 Å². The molecule has 5 nitrogen and oxygen atoms in total. The Morgan fingerprint density at radius 3 is 2.71 bits per heavy atom. The maximum Gasteiger partial charge on any atom is 0.218 e. The minimum Gasteiger partial charge on any atom is -0.460 e. The molecule has 0 amide bonds. The molecule has 0 aromatic carbocycles. The Kier molecular flexibility index (Phi) is 2.44. The van der Waals surface area contributed by atoms with Crippen LogP contribution in [0.1, 0.15) is 0 Å². The lowest BCUT2D eigenvalue weighted by Crippen LogP contribution is -1.97. The summed E-state index contributed by atoms with van der Waals surface area (Å²) in [7, 11) is 0. The Labute approximate surface area is 113 Å². The first-order valence-electron chi connectivity index (χ1n) is 4.70. The fourth-order valence-electron chi connectivity index (χ4n) is 1.51. The molecule has 0 bridgehead atoms. The van der Waals surface area contributed by atoms with Gasteiger partial charge in [0.2, 0.25) is 5.82 Å². The largest absolute Gasteiger partial charge is 0.460 e. The second-order valence-electron chi connectivity index (χ2n) is 3.43. The summed E-state index contributed by atoms with van der Waals surface area (Å²) in [6, 6.07) is 5.41. The third kappa shape index (κ3) is 1.85. The molecule has 0 unspecified atom stereocenters. The van der Waals surface area contributed by atoms with Gasteiger partial charge in [0.25, 0.3) is 0 Å². The van der Waals surface area contributed by atoms with E-state index in [0.717, 1.165) is 8.95 Å². The van der Waals surface area contributed by atoms with Gasteiger partial charge in [0, 0.05) is 10.5 Å². The zero-order valence-electron chi connectivity index (χ0n) is 8.39. The molecule has 17 heavy (non-hydrogen) atoms. The lowest BCUT2D eigenvalue weighted by molar-refractivity contribution is 0.576. The number of hydrogen-bond acceptors (Lipinski definition) is 4.